The average Bonchev–Trinajstić information content (AvgIpc) is 2.87. The van der Waals surface area contributed by atoms with Crippen molar-refractivity contribution in [2.75, 3.05) is 25.9 Å². The lowest BCUT2D eigenvalue weighted by atomic mass is 9.80. The molecule has 0 spiro atoms. The Kier molecular flexibility index (Phi) is 4.30. The number of hydrogen-bond donors (Lipinski definition) is 1. The molecule has 0 aliphatic carbocycles. The van der Waals surface area contributed by atoms with Crippen molar-refractivity contribution < 1.29 is 23.1 Å². The third-order valence-electron chi connectivity index (χ3n) is 4.61. The topological polar surface area (TPSA) is 95.0 Å². The van der Waals surface area contributed by atoms with E-state index in [-0.39, 0.29) is 5.91 Å². The number of carboxylic acid groups (broad SMARTS) is 1. The zero-order chi connectivity index (χ0) is 15.8. The van der Waals surface area contributed by atoms with Gasteiger partial charge in [0.1, 0.15) is 6.04 Å². The van der Waals surface area contributed by atoms with Crippen molar-refractivity contribution in [2.24, 2.45) is 5.41 Å². The number of carbonyl (C=O) groups excluding carboxylic acids is 1. The van der Waals surface area contributed by atoms with Gasteiger partial charge >= 0.3 is 5.97 Å². The van der Waals surface area contributed by atoms with Gasteiger partial charge in [-0.15, -0.1) is 0 Å². The highest BCUT2D eigenvalue weighted by molar-refractivity contribution is 7.88. The molecule has 0 radical (unpaired) electrons. The summed E-state index contributed by atoms with van der Waals surface area (Å²) < 4.78 is 24.7. The number of sulfonamides is 1. The Labute approximate surface area is 125 Å². The molecular formula is C13H22N2O5S. The molecule has 2 rings (SSSR count). The molecule has 2 fully saturated rings. The van der Waals surface area contributed by atoms with Crippen molar-refractivity contribution in [2.45, 2.75) is 38.6 Å². The van der Waals surface area contributed by atoms with Crippen LogP contribution in [0.4, 0.5) is 0 Å². The Balaban J connectivity index is 2.04. The van der Waals surface area contributed by atoms with E-state index < -0.39 is 27.4 Å². The first-order chi connectivity index (χ1) is 9.65. The van der Waals surface area contributed by atoms with Crippen LogP contribution in [0.3, 0.4) is 0 Å². The maximum Gasteiger partial charge on any atom is 0.309 e. The highest BCUT2D eigenvalue weighted by Crippen LogP contribution is 2.32. The molecule has 2 aliphatic rings. The summed E-state index contributed by atoms with van der Waals surface area (Å²) in [6.07, 6.45) is 3.15. The number of carbonyl (C=O) groups is 2. The number of hydrogen-bond acceptors (Lipinski definition) is 4. The normalized spacial score (nSPS) is 26.8. The van der Waals surface area contributed by atoms with E-state index in [2.05, 4.69) is 0 Å². The predicted octanol–water partition coefficient (Wildman–Crippen LogP) is 0.124. The van der Waals surface area contributed by atoms with E-state index in [1.165, 1.54) is 4.31 Å². The van der Waals surface area contributed by atoms with E-state index in [9.17, 15) is 23.1 Å². The number of aliphatic carboxylic acids is 1. The monoisotopic (exact) mass is 318 g/mol. The summed E-state index contributed by atoms with van der Waals surface area (Å²) in [5, 5.41) is 9.19. The number of likely N-dealkylation sites (tertiary alicyclic amines) is 1. The fourth-order valence-electron chi connectivity index (χ4n) is 3.03. The van der Waals surface area contributed by atoms with E-state index in [1.54, 1.807) is 11.8 Å². The quantitative estimate of drug-likeness (QED) is 0.798. The third kappa shape index (κ3) is 3.21. The van der Waals surface area contributed by atoms with Gasteiger partial charge in [0.25, 0.3) is 0 Å². The van der Waals surface area contributed by atoms with Crippen LogP contribution in [0.1, 0.15) is 32.6 Å². The zero-order valence-corrected chi connectivity index (χ0v) is 13.2. The van der Waals surface area contributed by atoms with Crippen LogP contribution in [-0.2, 0) is 19.6 Å². The average molecular weight is 318 g/mol. The molecule has 1 atom stereocenters. The number of carboxylic acids is 1. The van der Waals surface area contributed by atoms with Crippen LogP contribution in [0.25, 0.3) is 0 Å². The molecule has 1 amide bonds. The summed E-state index contributed by atoms with van der Waals surface area (Å²) >= 11 is 0. The largest absolute Gasteiger partial charge is 0.481 e. The van der Waals surface area contributed by atoms with Gasteiger partial charge < -0.3 is 10.0 Å². The Hall–Kier alpha value is -1.15. The highest BCUT2D eigenvalue weighted by atomic mass is 32.2. The first-order valence-corrected chi connectivity index (χ1v) is 8.99. The lowest BCUT2D eigenvalue weighted by Gasteiger charge is -2.38. The fraction of sp³-hybridized carbons (Fsp3) is 0.846. The number of piperidine rings is 1. The molecule has 0 bridgehead atoms. The van der Waals surface area contributed by atoms with Crippen LogP contribution in [-0.4, -0.2) is 66.5 Å². The van der Waals surface area contributed by atoms with Crippen LogP contribution in [0.2, 0.25) is 0 Å². The van der Waals surface area contributed by atoms with Gasteiger partial charge in [-0.05, 0) is 32.6 Å². The molecule has 2 aliphatic heterocycles. The number of nitrogens with zero attached hydrogens (tertiary/aromatic N) is 2. The van der Waals surface area contributed by atoms with Crippen molar-refractivity contribution in [3.63, 3.8) is 0 Å². The van der Waals surface area contributed by atoms with Crippen LogP contribution < -0.4 is 0 Å². The molecule has 0 aromatic rings. The SMILES string of the molecule is CC1(C(=O)O)CCN(C(=O)C2CCCN2S(C)(=O)=O)CC1. The van der Waals surface area contributed by atoms with Crippen LogP contribution in [0.15, 0.2) is 0 Å². The summed E-state index contributed by atoms with van der Waals surface area (Å²) in [6.45, 7) is 2.82. The Morgan fingerprint density at radius 1 is 1.19 bits per heavy atom. The molecule has 0 saturated carbocycles. The second-order valence-electron chi connectivity index (χ2n) is 6.22. The summed E-state index contributed by atoms with van der Waals surface area (Å²) in [7, 11) is -3.38. The molecule has 21 heavy (non-hydrogen) atoms. The number of rotatable bonds is 3. The summed E-state index contributed by atoms with van der Waals surface area (Å²) in [5.74, 6) is -1.03. The molecule has 120 valence electrons. The maximum atomic E-state index is 12.5. The lowest BCUT2D eigenvalue weighted by Crippen LogP contribution is -2.52. The van der Waals surface area contributed by atoms with E-state index in [0.717, 1.165) is 6.26 Å². The predicted molar refractivity (Wildman–Crippen MR) is 76.1 cm³/mol. The van der Waals surface area contributed by atoms with Crippen molar-refractivity contribution in [1.29, 1.82) is 0 Å². The molecule has 0 aromatic heterocycles. The van der Waals surface area contributed by atoms with Gasteiger partial charge in [0, 0.05) is 19.6 Å². The molecule has 7 nitrogen and oxygen atoms in total. The number of amides is 1. The molecule has 1 unspecified atom stereocenters. The Morgan fingerprint density at radius 3 is 2.24 bits per heavy atom. The lowest BCUT2D eigenvalue weighted by molar-refractivity contribution is -0.153. The standard InChI is InChI=1S/C13H22N2O5S/c1-13(12(17)18)5-8-14(9-6-13)11(16)10-4-3-7-15(10)21(2,19)20/h10H,3-9H2,1-2H3,(H,17,18). The van der Waals surface area contributed by atoms with Gasteiger partial charge in [-0.25, -0.2) is 8.42 Å². The van der Waals surface area contributed by atoms with Crippen molar-refractivity contribution >= 4 is 21.9 Å². The van der Waals surface area contributed by atoms with Crippen LogP contribution in [0.5, 0.6) is 0 Å². The van der Waals surface area contributed by atoms with Crippen molar-refractivity contribution in [1.82, 2.24) is 9.21 Å². The van der Waals surface area contributed by atoms with Crippen LogP contribution >= 0.6 is 0 Å². The van der Waals surface area contributed by atoms with Gasteiger partial charge in [-0.2, -0.15) is 4.31 Å². The molecule has 1 N–H and O–H groups in total. The molecule has 0 aromatic carbocycles. The minimum atomic E-state index is -3.38. The van der Waals surface area contributed by atoms with E-state index in [0.29, 0.717) is 45.3 Å². The molecule has 2 heterocycles. The smallest absolute Gasteiger partial charge is 0.309 e. The highest BCUT2D eigenvalue weighted by Gasteiger charge is 2.42. The Morgan fingerprint density at radius 2 is 1.76 bits per heavy atom. The van der Waals surface area contributed by atoms with Gasteiger partial charge in [-0.1, -0.05) is 0 Å². The zero-order valence-electron chi connectivity index (χ0n) is 12.4. The summed E-state index contributed by atoms with van der Waals surface area (Å²) in [4.78, 5) is 25.3. The fourth-order valence-corrected chi connectivity index (χ4v) is 4.15. The van der Waals surface area contributed by atoms with E-state index in [1.807, 2.05) is 0 Å². The van der Waals surface area contributed by atoms with Crippen LogP contribution in [0, 0.1) is 5.41 Å². The van der Waals surface area contributed by atoms with Crippen molar-refractivity contribution in [3.8, 4) is 0 Å². The summed E-state index contributed by atoms with van der Waals surface area (Å²) in [6, 6.07) is -0.616. The minimum absolute atomic E-state index is 0.189. The molecular weight excluding hydrogens is 296 g/mol. The first-order valence-electron chi connectivity index (χ1n) is 7.14. The van der Waals surface area contributed by atoms with Gasteiger partial charge in [-0.3, -0.25) is 9.59 Å². The second kappa shape index (κ2) is 5.57. The first kappa shape index (κ1) is 16.2. The van der Waals surface area contributed by atoms with Gasteiger partial charge in [0.05, 0.1) is 11.7 Å². The summed E-state index contributed by atoms with van der Waals surface area (Å²) in [5.41, 5.74) is -0.789. The van der Waals surface area contributed by atoms with E-state index in [4.69, 9.17) is 0 Å². The van der Waals surface area contributed by atoms with Crippen molar-refractivity contribution in [3.05, 3.63) is 0 Å². The van der Waals surface area contributed by atoms with E-state index >= 15 is 0 Å². The minimum Gasteiger partial charge on any atom is -0.481 e. The Bertz CT molecular complexity index is 537. The second-order valence-corrected chi connectivity index (χ2v) is 8.16. The molecule has 8 heteroatoms. The maximum absolute atomic E-state index is 12.5. The molecule has 2 saturated heterocycles. The van der Waals surface area contributed by atoms with Gasteiger partial charge in [0.15, 0.2) is 0 Å². The van der Waals surface area contributed by atoms with Gasteiger partial charge in [0.2, 0.25) is 15.9 Å². The third-order valence-corrected chi connectivity index (χ3v) is 5.90.